The number of anilines is 1. The number of hydrogen-bond acceptors (Lipinski definition) is 4. The Bertz CT molecular complexity index is 806. The summed E-state index contributed by atoms with van der Waals surface area (Å²) in [6, 6.07) is 10.0. The summed E-state index contributed by atoms with van der Waals surface area (Å²) in [5.41, 5.74) is 7.32. The number of halogens is 1. The van der Waals surface area contributed by atoms with Crippen LogP contribution in [0.3, 0.4) is 0 Å². The molecule has 1 saturated carbocycles. The molecular weight excluding hydrogens is 333 g/mol. The summed E-state index contributed by atoms with van der Waals surface area (Å²) in [6.07, 6.45) is 3.71. The molecule has 3 rings (SSSR count). The van der Waals surface area contributed by atoms with Crippen LogP contribution >= 0.6 is 0 Å². The van der Waals surface area contributed by atoms with Crippen LogP contribution in [0.4, 0.5) is 10.1 Å². The quantitative estimate of drug-likeness (QED) is 0.628. The van der Waals surface area contributed by atoms with Gasteiger partial charge in [0.15, 0.2) is 5.78 Å². The number of hydrogen-bond donors (Lipinski definition) is 1. The van der Waals surface area contributed by atoms with E-state index >= 15 is 0 Å². The van der Waals surface area contributed by atoms with Gasteiger partial charge in [-0.3, -0.25) is 4.79 Å². The average Bonchev–Trinajstić information content (AvgIpc) is 2.69. The summed E-state index contributed by atoms with van der Waals surface area (Å²) >= 11 is 0. The first-order valence-electron chi connectivity index (χ1n) is 8.86. The minimum atomic E-state index is -0.429. The third-order valence-corrected chi connectivity index (χ3v) is 5.22. The van der Waals surface area contributed by atoms with Crippen LogP contribution in [0.15, 0.2) is 36.4 Å². The molecule has 2 aromatic carbocycles. The van der Waals surface area contributed by atoms with Crippen molar-refractivity contribution in [3.8, 4) is 11.5 Å². The van der Waals surface area contributed by atoms with Gasteiger partial charge in [0.2, 0.25) is 0 Å². The number of methoxy groups -OCH3 is 2. The van der Waals surface area contributed by atoms with Gasteiger partial charge in [-0.25, -0.2) is 4.39 Å². The Kier molecular flexibility index (Phi) is 5.45. The molecule has 1 aliphatic rings. The zero-order valence-corrected chi connectivity index (χ0v) is 15.1. The number of nitrogen functional groups attached to an aromatic ring is 1. The maximum atomic E-state index is 13.5. The molecule has 1 aliphatic carbocycles. The summed E-state index contributed by atoms with van der Waals surface area (Å²) in [7, 11) is 3.12. The molecule has 4 nitrogen and oxygen atoms in total. The lowest BCUT2D eigenvalue weighted by Gasteiger charge is -2.31. The van der Waals surface area contributed by atoms with Gasteiger partial charge in [-0.2, -0.15) is 0 Å². The van der Waals surface area contributed by atoms with E-state index in [2.05, 4.69) is 0 Å². The first kappa shape index (κ1) is 18.2. The molecule has 0 spiro atoms. The molecule has 138 valence electrons. The van der Waals surface area contributed by atoms with Crippen molar-refractivity contribution in [2.45, 2.75) is 31.6 Å². The largest absolute Gasteiger partial charge is 0.497 e. The van der Waals surface area contributed by atoms with Gasteiger partial charge < -0.3 is 15.2 Å². The highest BCUT2D eigenvalue weighted by Crippen LogP contribution is 2.41. The van der Waals surface area contributed by atoms with Crippen molar-refractivity contribution in [2.24, 2.45) is 5.92 Å². The van der Waals surface area contributed by atoms with Crippen molar-refractivity contribution in [3.05, 3.63) is 53.3 Å². The summed E-state index contributed by atoms with van der Waals surface area (Å²) < 4.78 is 24.2. The Balaban J connectivity index is 1.97. The van der Waals surface area contributed by atoms with E-state index in [0.717, 1.165) is 31.2 Å². The van der Waals surface area contributed by atoms with Crippen molar-refractivity contribution in [1.82, 2.24) is 0 Å². The lowest BCUT2D eigenvalue weighted by Crippen LogP contribution is -2.26. The van der Waals surface area contributed by atoms with Crippen LogP contribution < -0.4 is 15.2 Å². The van der Waals surface area contributed by atoms with E-state index in [4.69, 9.17) is 15.2 Å². The normalized spacial score (nSPS) is 19.8. The number of nitrogens with two attached hydrogens (primary N) is 1. The van der Waals surface area contributed by atoms with Gasteiger partial charge in [-0.05, 0) is 54.7 Å². The zero-order chi connectivity index (χ0) is 18.7. The molecule has 0 radical (unpaired) electrons. The van der Waals surface area contributed by atoms with Gasteiger partial charge >= 0.3 is 0 Å². The minimum Gasteiger partial charge on any atom is -0.497 e. The molecule has 2 atom stereocenters. The summed E-state index contributed by atoms with van der Waals surface area (Å²) in [6.45, 7) is 0. The first-order chi connectivity index (χ1) is 12.5. The van der Waals surface area contributed by atoms with Crippen LogP contribution in [0, 0.1) is 11.7 Å². The van der Waals surface area contributed by atoms with Gasteiger partial charge in [-0.1, -0.05) is 18.9 Å². The fraction of sp³-hybridized carbons (Fsp3) is 0.381. The Morgan fingerprint density at radius 2 is 1.85 bits per heavy atom. The van der Waals surface area contributed by atoms with E-state index in [9.17, 15) is 9.18 Å². The Morgan fingerprint density at radius 1 is 1.08 bits per heavy atom. The van der Waals surface area contributed by atoms with Crippen LogP contribution in [0.1, 0.15) is 47.5 Å². The highest BCUT2D eigenvalue weighted by atomic mass is 19.1. The van der Waals surface area contributed by atoms with Crippen molar-refractivity contribution >= 4 is 11.5 Å². The van der Waals surface area contributed by atoms with E-state index in [1.807, 2.05) is 0 Å². The number of Topliss-reactive ketones (excluding diaryl/α,β-unsaturated/α-hetero) is 1. The number of benzene rings is 2. The predicted octanol–water partition coefficient (Wildman–Crippen LogP) is 4.58. The standard InChI is InChI=1S/C21H24FNO3/c1-25-14-8-10-20(26-2)17(12-14)21(24)16-6-4-3-5-15(16)13-7-9-18(22)19(23)11-13/h7-12,15-16H,3-6,23H2,1-2H3. The minimum absolute atomic E-state index is 0.0232. The highest BCUT2D eigenvalue weighted by Gasteiger charge is 2.34. The second-order valence-corrected chi connectivity index (χ2v) is 6.71. The van der Waals surface area contributed by atoms with Crippen molar-refractivity contribution < 1.29 is 18.7 Å². The molecule has 5 heteroatoms. The molecule has 0 heterocycles. The smallest absolute Gasteiger partial charge is 0.170 e. The number of carbonyl (C=O) groups is 1. The van der Waals surface area contributed by atoms with Crippen LogP contribution in [-0.4, -0.2) is 20.0 Å². The highest BCUT2D eigenvalue weighted by molar-refractivity contribution is 6.01. The van der Waals surface area contributed by atoms with Crippen LogP contribution in [0.5, 0.6) is 11.5 Å². The van der Waals surface area contributed by atoms with Crippen LogP contribution in [-0.2, 0) is 0 Å². The summed E-state index contributed by atoms with van der Waals surface area (Å²) in [4.78, 5) is 13.3. The van der Waals surface area contributed by atoms with Crippen LogP contribution in [0.25, 0.3) is 0 Å². The zero-order valence-electron chi connectivity index (χ0n) is 15.1. The lowest BCUT2D eigenvalue weighted by molar-refractivity contribution is 0.0864. The first-order valence-corrected chi connectivity index (χ1v) is 8.86. The summed E-state index contributed by atoms with van der Waals surface area (Å²) in [5.74, 6) is 0.603. The molecule has 0 bridgehead atoms. The number of ether oxygens (including phenoxy) is 2. The van der Waals surface area contributed by atoms with Crippen molar-refractivity contribution in [3.63, 3.8) is 0 Å². The third kappa shape index (κ3) is 3.52. The topological polar surface area (TPSA) is 61.5 Å². The number of carbonyl (C=O) groups excluding carboxylic acids is 1. The molecule has 0 aromatic heterocycles. The molecule has 2 unspecified atom stereocenters. The molecule has 0 aliphatic heterocycles. The number of ketones is 1. The number of rotatable bonds is 5. The summed E-state index contributed by atoms with van der Waals surface area (Å²) in [5, 5.41) is 0. The Hall–Kier alpha value is -2.56. The van der Waals surface area contributed by atoms with E-state index in [1.54, 1.807) is 44.6 Å². The molecule has 1 fully saturated rings. The molecule has 0 saturated heterocycles. The fourth-order valence-corrected chi connectivity index (χ4v) is 3.84. The molecule has 0 amide bonds. The fourth-order valence-electron chi connectivity index (χ4n) is 3.84. The van der Waals surface area contributed by atoms with E-state index in [1.165, 1.54) is 6.07 Å². The van der Waals surface area contributed by atoms with E-state index in [0.29, 0.717) is 17.1 Å². The average molecular weight is 357 g/mol. The van der Waals surface area contributed by atoms with Crippen molar-refractivity contribution in [2.75, 3.05) is 20.0 Å². The maximum Gasteiger partial charge on any atom is 0.170 e. The third-order valence-electron chi connectivity index (χ3n) is 5.22. The Morgan fingerprint density at radius 3 is 2.54 bits per heavy atom. The molecule has 2 N–H and O–H groups in total. The van der Waals surface area contributed by atoms with Gasteiger partial charge in [0.1, 0.15) is 17.3 Å². The van der Waals surface area contributed by atoms with E-state index < -0.39 is 5.82 Å². The lowest BCUT2D eigenvalue weighted by atomic mass is 9.72. The predicted molar refractivity (Wildman–Crippen MR) is 99.4 cm³/mol. The van der Waals surface area contributed by atoms with Gasteiger partial charge in [0.05, 0.1) is 25.5 Å². The van der Waals surface area contributed by atoms with Gasteiger partial charge in [0.25, 0.3) is 0 Å². The molecule has 2 aromatic rings. The van der Waals surface area contributed by atoms with Gasteiger partial charge in [-0.15, -0.1) is 0 Å². The SMILES string of the molecule is COc1ccc(OC)c(C(=O)C2CCCCC2c2ccc(F)c(N)c2)c1. The van der Waals surface area contributed by atoms with Crippen LogP contribution in [0.2, 0.25) is 0 Å². The second-order valence-electron chi connectivity index (χ2n) is 6.71. The monoisotopic (exact) mass is 357 g/mol. The maximum absolute atomic E-state index is 13.5. The van der Waals surface area contributed by atoms with Gasteiger partial charge in [0, 0.05) is 5.92 Å². The second kappa shape index (κ2) is 7.77. The molecular formula is C21H24FNO3. The van der Waals surface area contributed by atoms with E-state index in [-0.39, 0.29) is 23.3 Å². The van der Waals surface area contributed by atoms with Crippen molar-refractivity contribution in [1.29, 1.82) is 0 Å². The molecule has 26 heavy (non-hydrogen) atoms. The Labute approximate surface area is 153 Å².